The highest BCUT2D eigenvalue weighted by Crippen LogP contribution is 2.61. The highest BCUT2D eigenvalue weighted by atomic mass is 127. The largest absolute Gasteiger partial charge is 0.460 e. The first kappa shape index (κ1) is 24.5. The quantitative estimate of drug-likeness (QED) is 0.371. The first-order valence-corrected chi connectivity index (χ1v) is 6.33. The van der Waals surface area contributed by atoms with Crippen molar-refractivity contribution in [3.05, 3.63) is 9.41 Å². The molecule has 1 nitrogen and oxygen atoms in total. The first-order valence-electron chi connectivity index (χ1n) is 5.25. The van der Waals surface area contributed by atoms with E-state index < -0.39 is 51.8 Å². The number of rotatable bonds is 6. The van der Waals surface area contributed by atoms with Gasteiger partial charge in [-0.15, -0.1) is 0 Å². The van der Waals surface area contributed by atoms with Gasteiger partial charge in [0.15, 0.2) is 5.83 Å². The predicted molar refractivity (Wildman–Crippen MR) is 60.0 cm³/mol. The molecule has 0 atom stereocenters. The smallest absolute Gasteiger partial charge is 0.391 e. The summed E-state index contributed by atoms with van der Waals surface area (Å²) < 4.78 is 176. The zero-order valence-electron chi connectivity index (χ0n) is 10.8. The Hall–Kier alpha value is -0.550. The molecular weight excluding hydrogens is 517 g/mol. The zero-order valence-corrected chi connectivity index (χ0v) is 13.0. The molecule has 16 heteroatoms. The van der Waals surface area contributed by atoms with Crippen LogP contribution >= 0.6 is 22.6 Å². The molecule has 0 unspecified atom stereocenters. The second-order valence-electron chi connectivity index (χ2n) is 4.25. The summed E-state index contributed by atoms with van der Waals surface area (Å²) >= 11 is 0.356. The number of aliphatic hydroxyl groups excluding tert-OH is 1. The van der Waals surface area contributed by atoms with Crippen LogP contribution in [0.1, 0.15) is 0 Å². The molecule has 0 aliphatic heterocycles. The van der Waals surface area contributed by atoms with Gasteiger partial charge in [0.25, 0.3) is 0 Å². The van der Waals surface area contributed by atoms with E-state index in [1.807, 2.05) is 0 Å². The highest BCUT2D eigenvalue weighted by Gasteiger charge is 2.91. The molecule has 0 radical (unpaired) electrons. The van der Waals surface area contributed by atoms with E-state index in [2.05, 4.69) is 0 Å². The molecule has 0 bridgehead atoms. The zero-order chi connectivity index (χ0) is 20.9. The van der Waals surface area contributed by atoms with Crippen molar-refractivity contribution in [1.29, 1.82) is 0 Å². The minimum absolute atomic E-state index is 0.356. The Morgan fingerprint density at radius 1 is 0.640 bits per heavy atom. The number of halogens is 15. The molecule has 0 fully saturated rings. The lowest BCUT2D eigenvalue weighted by molar-refractivity contribution is -0.437. The molecule has 0 aromatic heterocycles. The summed E-state index contributed by atoms with van der Waals surface area (Å²) in [5.41, 5.74) is 0. The monoisotopic (exact) mass is 520 g/mol. The van der Waals surface area contributed by atoms with E-state index in [4.69, 9.17) is 5.11 Å². The van der Waals surface area contributed by atoms with Gasteiger partial charge >= 0.3 is 35.8 Å². The summed E-state index contributed by atoms with van der Waals surface area (Å²) in [5.74, 6) is -42.3. The van der Waals surface area contributed by atoms with E-state index in [0.717, 1.165) is 0 Å². The molecule has 0 spiro atoms. The standard InChI is InChI=1S/C9H3F14IO/c10-3(2(24)1-25)4(11,12)5(13,14)6(15,16)7(17,18)8(19,20)9(21,22)23/h25H,1H2/b3-2-. The van der Waals surface area contributed by atoms with Gasteiger partial charge in [0.2, 0.25) is 0 Å². The maximum Gasteiger partial charge on any atom is 0.460 e. The Bertz CT molecular complexity index is 533. The Balaban J connectivity index is 6.50. The van der Waals surface area contributed by atoms with E-state index in [-0.39, 0.29) is 0 Å². The lowest BCUT2D eigenvalue weighted by atomic mass is 9.93. The molecule has 0 aliphatic carbocycles. The predicted octanol–water partition coefficient (Wildman–Crippen LogP) is 5.33. The molecule has 0 aliphatic rings. The third kappa shape index (κ3) is 3.39. The molecule has 25 heavy (non-hydrogen) atoms. The van der Waals surface area contributed by atoms with Gasteiger partial charge in [-0.3, -0.25) is 0 Å². The second-order valence-corrected chi connectivity index (χ2v) is 5.55. The molecular formula is C9H3F14IO. The Morgan fingerprint density at radius 2 is 0.960 bits per heavy atom. The van der Waals surface area contributed by atoms with Crippen molar-refractivity contribution in [3.8, 4) is 0 Å². The van der Waals surface area contributed by atoms with Crippen molar-refractivity contribution in [1.82, 2.24) is 0 Å². The topological polar surface area (TPSA) is 20.2 Å². The fourth-order valence-corrected chi connectivity index (χ4v) is 1.49. The third-order valence-electron chi connectivity index (χ3n) is 2.59. The summed E-state index contributed by atoms with van der Waals surface area (Å²) in [7, 11) is 0. The van der Waals surface area contributed by atoms with Crippen LogP contribution in [0.5, 0.6) is 0 Å². The summed E-state index contributed by atoms with van der Waals surface area (Å²) in [6.07, 6.45) is -7.53. The summed E-state index contributed by atoms with van der Waals surface area (Å²) in [6, 6.07) is 0. The fraction of sp³-hybridized carbons (Fsp3) is 0.778. The molecule has 0 saturated carbocycles. The molecule has 150 valence electrons. The lowest BCUT2D eigenvalue weighted by Gasteiger charge is -2.39. The van der Waals surface area contributed by atoms with Gasteiger partial charge in [0.05, 0.1) is 10.2 Å². The van der Waals surface area contributed by atoms with E-state index >= 15 is 0 Å². The van der Waals surface area contributed by atoms with Crippen molar-refractivity contribution in [3.63, 3.8) is 0 Å². The van der Waals surface area contributed by atoms with Crippen LogP contribution in [0.2, 0.25) is 0 Å². The third-order valence-corrected chi connectivity index (χ3v) is 3.40. The van der Waals surface area contributed by atoms with Crippen molar-refractivity contribution in [2.75, 3.05) is 6.61 Å². The van der Waals surface area contributed by atoms with Crippen LogP contribution in [-0.2, 0) is 0 Å². The molecule has 0 rings (SSSR count). The van der Waals surface area contributed by atoms with E-state index in [1.165, 1.54) is 0 Å². The Labute approximate surface area is 141 Å². The highest BCUT2D eigenvalue weighted by molar-refractivity contribution is 14.1. The summed E-state index contributed by atoms with van der Waals surface area (Å²) in [4.78, 5) is 0. The van der Waals surface area contributed by atoms with Crippen LogP contribution < -0.4 is 0 Å². The first-order chi connectivity index (χ1) is 10.6. The van der Waals surface area contributed by atoms with Crippen LogP contribution in [0, 0.1) is 0 Å². The number of hydrogen-bond donors (Lipinski definition) is 1. The fourth-order valence-electron chi connectivity index (χ4n) is 1.15. The normalized spacial score (nSPS) is 16.8. The van der Waals surface area contributed by atoms with Crippen LogP contribution in [0.3, 0.4) is 0 Å². The summed E-state index contributed by atoms with van der Waals surface area (Å²) in [6.45, 7) is -1.82. The second kappa shape index (κ2) is 6.56. The van der Waals surface area contributed by atoms with Crippen molar-refractivity contribution in [2.45, 2.75) is 35.8 Å². The van der Waals surface area contributed by atoms with Crippen LogP contribution in [0.15, 0.2) is 9.41 Å². The van der Waals surface area contributed by atoms with Gasteiger partial charge in [-0.05, 0) is 22.6 Å². The molecule has 1 N–H and O–H groups in total. The number of aliphatic hydroxyl groups is 1. The van der Waals surface area contributed by atoms with Crippen molar-refractivity contribution in [2.24, 2.45) is 0 Å². The maximum absolute atomic E-state index is 13.1. The Morgan fingerprint density at radius 3 is 1.24 bits per heavy atom. The van der Waals surface area contributed by atoms with Crippen LogP contribution in [-0.4, -0.2) is 47.5 Å². The van der Waals surface area contributed by atoms with Gasteiger partial charge in [-0.2, -0.15) is 57.1 Å². The molecule has 0 aromatic carbocycles. The molecule has 0 aromatic rings. The van der Waals surface area contributed by atoms with Gasteiger partial charge in [0.1, 0.15) is 0 Å². The summed E-state index contributed by atoms with van der Waals surface area (Å²) in [5, 5.41) is 8.24. The van der Waals surface area contributed by atoms with E-state index in [9.17, 15) is 61.5 Å². The van der Waals surface area contributed by atoms with Gasteiger partial charge in [-0.1, -0.05) is 0 Å². The number of hydrogen-bond acceptors (Lipinski definition) is 1. The molecule has 0 amide bonds. The van der Waals surface area contributed by atoms with E-state index in [1.54, 1.807) is 0 Å². The van der Waals surface area contributed by atoms with Gasteiger partial charge < -0.3 is 5.11 Å². The minimum atomic E-state index is -8.09. The number of alkyl halides is 13. The van der Waals surface area contributed by atoms with Gasteiger partial charge in [0, 0.05) is 0 Å². The average molecular weight is 520 g/mol. The SMILES string of the molecule is OC/C(I)=C(/F)C(F)(F)C(F)(F)C(F)(F)C(F)(F)C(F)(F)C(F)(F)F. The molecule has 0 saturated heterocycles. The Kier molecular flexibility index (Phi) is 6.41. The lowest BCUT2D eigenvalue weighted by Crippen LogP contribution is -2.70. The average Bonchev–Trinajstić information content (AvgIpc) is 2.43. The molecule has 0 heterocycles. The minimum Gasteiger partial charge on any atom is -0.391 e. The van der Waals surface area contributed by atoms with Crippen LogP contribution in [0.4, 0.5) is 61.5 Å². The van der Waals surface area contributed by atoms with Gasteiger partial charge in [-0.25, -0.2) is 4.39 Å². The van der Waals surface area contributed by atoms with Crippen molar-refractivity contribution >= 4 is 22.6 Å². The number of allylic oxidation sites excluding steroid dienone is 1. The van der Waals surface area contributed by atoms with Crippen molar-refractivity contribution < 1.29 is 66.6 Å². The van der Waals surface area contributed by atoms with E-state index in [0.29, 0.717) is 22.6 Å². The van der Waals surface area contributed by atoms with Crippen LogP contribution in [0.25, 0.3) is 0 Å². The maximum atomic E-state index is 13.1.